The predicted molar refractivity (Wildman–Crippen MR) is 102 cm³/mol. The molecule has 0 aliphatic heterocycles. The fraction of sp³-hybridized carbons (Fsp3) is 0.0952. The third-order valence-corrected chi connectivity index (χ3v) is 3.78. The molecule has 5 heteroatoms. The number of nitrogens with one attached hydrogen (secondary N) is 1. The molecule has 26 heavy (non-hydrogen) atoms. The highest BCUT2D eigenvalue weighted by Crippen LogP contribution is 2.29. The van der Waals surface area contributed by atoms with Crippen LogP contribution >= 0.6 is 0 Å². The Hall–Kier alpha value is -3.47. The molecule has 1 N–H and O–H groups in total. The molecule has 0 unspecified atom stereocenters. The Labute approximate surface area is 152 Å². The normalized spacial score (nSPS) is 11.0. The van der Waals surface area contributed by atoms with Gasteiger partial charge < -0.3 is 4.74 Å². The number of amides is 1. The molecule has 1 aromatic heterocycles. The zero-order valence-electron chi connectivity index (χ0n) is 14.4. The van der Waals surface area contributed by atoms with Crippen LogP contribution < -0.4 is 10.2 Å². The molecule has 0 saturated carbocycles. The van der Waals surface area contributed by atoms with Gasteiger partial charge in [0.2, 0.25) is 0 Å². The van der Waals surface area contributed by atoms with Crippen LogP contribution in [-0.4, -0.2) is 23.2 Å². The Kier molecular flexibility index (Phi) is 5.72. The lowest BCUT2D eigenvalue weighted by Crippen LogP contribution is -2.25. The van der Waals surface area contributed by atoms with E-state index >= 15 is 0 Å². The van der Waals surface area contributed by atoms with Gasteiger partial charge in [-0.2, -0.15) is 5.10 Å². The van der Waals surface area contributed by atoms with Gasteiger partial charge in [0.15, 0.2) is 6.61 Å². The van der Waals surface area contributed by atoms with E-state index in [2.05, 4.69) is 15.5 Å². The topological polar surface area (TPSA) is 63.6 Å². The van der Waals surface area contributed by atoms with Gasteiger partial charge in [0.25, 0.3) is 5.91 Å². The summed E-state index contributed by atoms with van der Waals surface area (Å²) in [5, 5.41) is 4.10. The summed E-state index contributed by atoms with van der Waals surface area (Å²) in [5.74, 6) is 0.338. The Morgan fingerprint density at radius 1 is 1.00 bits per heavy atom. The van der Waals surface area contributed by atoms with Gasteiger partial charge in [-0.25, -0.2) is 5.43 Å². The Bertz CT molecular complexity index is 893. The number of carbonyl (C=O) groups excluding carboxylic acids is 1. The Morgan fingerprint density at radius 2 is 1.69 bits per heavy atom. The standard InChI is InChI=1S/C21H19N3O2/c1-16(17-11-13-22-14-12-17)23-24-21(25)15-26-20-10-6-5-9-19(20)18-7-3-2-4-8-18/h2-14H,15H2,1H3,(H,24,25)/b23-16-. The number of pyridine rings is 1. The van der Waals surface area contributed by atoms with Crippen LogP contribution in [-0.2, 0) is 4.79 Å². The van der Waals surface area contributed by atoms with Crippen LogP contribution in [0.4, 0.5) is 0 Å². The second-order valence-corrected chi connectivity index (χ2v) is 5.62. The molecule has 5 nitrogen and oxygen atoms in total. The smallest absolute Gasteiger partial charge is 0.277 e. The molecule has 2 aromatic carbocycles. The van der Waals surface area contributed by atoms with E-state index < -0.39 is 0 Å². The van der Waals surface area contributed by atoms with Gasteiger partial charge in [-0.05, 0) is 30.7 Å². The second kappa shape index (κ2) is 8.58. The van der Waals surface area contributed by atoms with Crippen LogP contribution in [0.3, 0.4) is 0 Å². The van der Waals surface area contributed by atoms with E-state index in [0.717, 1.165) is 16.7 Å². The summed E-state index contributed by atoms with van der Waals surface area (Å²) >= 11 is 0. The molecule has 0 saturated heterocycles. The minimum absolute atomic E-state index is 0.114. The van der Waals surface area contributed by atoms with Crippen molar-refractivity contribution in [3.05, 3.63) is 84.7 Å². The number of nitrogens with zero attached hydrogens (tertiary/aromatic N) is 2. The summed E-state index contributed by atoms with van der Waals surface area (Å²) in [7, 11) is 0. The zero-order valence-corrected chi connectivity index (χ0v) is 14.4. The first-order valence-electron chi connectivity index (χ1n) is 8.25. The highest BCUT2D eigenvalue weighted by atomic mass is 16.5. The largest absolute Gasteiger partial charge is 0.483 e. The van der Waals surface area contributed by atoms with Crippen LogP contribution in [0.25, 0.3) is 11.1 Å². The highest BCUT2D eigenvalue weighted by Gasteiger charge is 2.08. The van der Waals surface area contributed by atoms with Gasteiger partial charge in [0, 0.05) is 23.5 Å². The maximum atomic E-state index is 12.0. The molecule has 1 amide bonds. The maximum absolute atomic E-state index is 12.0. The van der Waals surface area contributed by atoms with Gasteiger partial charge in [-0.1, -0.05) is 48.5 Å². The molecule has 0 fully saturated rings. The van der Waals surface area contributed by atoms with Crippen molar-refractivity contribution in [2.75, 3.05) is 6.61 Å². The van der Waals surface area contributed by atoms with E-state index in [-0.39, 0.29) is 12.5 Å². The molecular formula is C21H19N3O2. The number of ether oxygens (including phenoxy) is 1. The third-order valence-electron chi connectivity index (χ3n) is 3.78. The van der Waals surface area contributed by atoms with E-state index in [4.69, 9.17) is 4.74 Å². The maximum Gasteiger partial charge on any atom is 0.277 e. The average Bonchev–Trinajstić information content (AvgIpc) is 2.72. The summed E-state index contributed by atoms with van der Waals surface area (Å²) in [6, 6.07) is 21.2. The number of rotatable bonds is 6. The zero-order chi connectivity index (χ0) is 18.2. The van der Waals surface area contributed by atoms with Crippen LogP contribution in [0.5, 0.6) is 5.75 Å². The summed E-state index contributed by atoms with van der Waals surface area (Å²) in [6.45, 7) is 1.71. The molecule has 0 atom stereocenters. The molecule has 3 aromatic rings. The lowest BCUT2D eigenvalue weighted by atomic mass is 10.1. The van der Waals surface area contributed by atoms with Gasteiger partial charge in [-0.15, -0.1) is 0 Å². The van der Waals surface area contributed by atoms with Gasteiger partial charge in [0.05, 0.1) is 5.71 Å². The van der Waals surface area contributed by atoms with Crippen LogP contribution in [0.2, 0.25) is 0 Å². The van der Waals surface area contributed by atoms with Crippen LogP contribution in [0.1, 0.15) is 12.5 Å². The average molecular weight is 345 g/mol. The van der Waals surface area contributed by atoms with Crippen LogP contribution in [0.15, 0.2) is 84.2 Å². The molecule has 130 valence electrons. The van der Waals surface area contributed by atoms with Crippen molar-refractivity contribution in [1.82, 2.24) is 10.4 Å². The van der Waals surface area contributed by atoms with Crippen molar-refractivity contribution >= 4 is 11.6 Å². The second-order valence-electron chi connectivity index (χ2n) is 5.62. The molecule has 3 rings (SSSR count). The monoisotopic (exact) mass is 345 g/mol. The quantitative estimate of drug-likeness (QED) is 0.548. The van der Waals surface area contributed by atoms with E-state index in [9.17, 15) is 4.79 Å². The number of hydrogen-bond acceptors (Lipinski definition) is 4. The lowest BCUT2D eigenvalue weighted by molar-refractivity contribution is -0.123. The molecule has 0 spiro atoms. The van der Waals surface area contributed by atoms with Gasteiger partial charge >= 0.3 is 0 Å². The number of carbonyl (C=O) groups is 1. The molecule has 0 bridgehead atoms. The van der Waals surface area contributed by atoms with Crippen molar-refractivity contribution < 1.29 is 9.53 Å². The number of para-hydroxylation sites is 1. The third kappa shape index (κ3) is 4.54. The van der Waals surface area contributed by atoms with Crippen molar-refractivity contribution in [2.45, 2.75) is 6.92 Å². The predicted octanol–water partition coefficient (Wildman–Crippen LogP) is 3.67. The van der Waals surface area contributed by atoms with E-state index in [1.807, 2.05) is 73.7 Å². The fourth-order valence-electron chi connectivity index (χ4n) is 2.43. The van der Waals surface area contributed by atoms with Crippen molar-refractivity contribution in [1.29, 1.82) is 0 Å². The van der Waals surface area contributed by atoms with Gasteiger partial charge in [0.1, 0.15) is 5.75 Å². The first-order valence-corrected chi connectivity index (χ1v) is 8.25. The van der Waals surface area contributed by atoms with Crippen LogP contribution in [0, 0.1) is 0 Å². The number of benzene rings is 2. The SMILES string of the molecule is C/C(=N/NC(=O)COc1ccccc1-c1ccccc1)c1ccncc1. The van der Waals surface area contributed by atoms with E-state index in [0.29, 0.717) is 11.5 Å². The first-order chi connectivity index (χ1) is 12.7. The molecule has 1 heterocycles. The molecular weight excluding hydrogens is 326 g/mol. The lowest BCUT2D eigenvalue weighted by Gasteiger charge is -2.11. The van der Waals surface area contributed by atoms with Crippen molar-refractivity contribution in [2.24, 2.45) is 5.10 Å². The van der Waals surface area contributed by atoms with E-state index in [1.165, 1.54) is 0 Å². The fourth-order valence-corrected chi connectivity index (χ4v) is 2.43. The summed E-state index contributed by atoms with van der Waals surface area (Å²) in [4.78, 5) is 16.0. The molecule has 0 aliphatic rings. The Balaban J connectivity index is 1.62. The highest BCUT2D eigenvalue weighted by molar-refractivity contribution is 5.99. The van der Waals surface area contributed by atoms with Gasteiger partial charge in [-0.3, -0.25) is 9.78 Å². The Morgan fingerprint density at radius 3 is 2.46 bits per heavy atom. The summed E-state index contributed by atoms with van der Waals surface area (Å²) in [5.41, 5.74) is 6.09. The minimum atomic E-state index is -0.318. The summed E-state index contributed by atoms with van der Waals surface area (Å²) < 4.78 is 5.70. The number of aromatic nitrogens is 1. The van der Waals surface area contributed by atoms with E-state index in [1.54, 1.807) is 12.4 Å². The minimum Gasteiger partial charge on any atom is -0.483 e. The number of hydrogen-bond donors (Lipinski definition) is 1. The molecule has 0 radical (unpaired) electrons. The molecule has 0 aliphatic carbocycles. The summed E-state index contributed by atoms with van der Waals surface area (Å²) in [6.07, 6.45) is 3.36. The van der Waals surface area contributed by atoms with Crippen molar-refractivity contribution in [3.8, 4) is 16.9 Å². The van der Waals surface area contributed by atoms with Crippen molar-refractivity contribution in [3.63, 3.8) is 0 Å². The number of hydrazone groups is 1. The first kappa shape index (κ1) is 17.4.